The number of rotatable bonds is 4. The van der Waals surface area contributed by atoms with E-state index in [1.54, 1.807) is 11.6 Å². The van der Waals surface area contributed by atoms with Crippen LogP contribution in [0.15, 0.2) is 56.8 Å². The molecule has 0 bridgehead atoms. The molecule has 4 rings (SSSR count). The highest BCUT2D eigenvalue weighted by molar-refractivity contribution is 7.98. The van der Waals surface area contributed by atoms with Gasteiger partial charge < -0.3 is 4.98 Å². The van der Waals surface area contributed by atoms with Crippen molar-refractivity contribution in [3.05, 3.63) is 78.9 Å². The van der Waals surface area contributed by atoms with E-state index in [0.29, 0.717) is 32.0 Å². The van der Waals surface area contributed by atoms with E-state index < -0.39 is 0 Å². The first-order chi connectivity index (χ1) is 13.0. The van der Waals surface area contributed by atoms with Crippen molar-refractivity contribution < 1.29 is 0 Å². The number of nitrogens with zero attached hydrogens (tertiary/aromatic N) is 3. The third kappa shape index (κ3) is 3.55. The van der Waals surface area contributed by atoms with Crippen LogP contribution in [-0.2, 0) is 5.75 Å². The number of thiazole rings is 1. The number of hydrogen-bond acceptors (Lipinski definition) is 6. The van der Waals surface area contributed by atoms with Crippen molar-refractivity contribution in [2.45, 2.75) is 17.8 Å². The van der Waals surface area contributed by atoms with Gasteiger partial charge in [0.2, 0.25) is 5.56 Å². The maximum Gasteiger partial charge on any atom is 0.278 e. The molecular formula is C18H13ClN4O2S2. The lowest BCUT2D eigenvalue weighted by atomic mass is 10.1. The molecule has 0 fully saturated rings. The van der Waals surface area contributed by atoms with E-state index in [1.807, 2.05) is 25.1 Å². The number of hydrogen-bond donors (Lipinski definition) is 1. The molecule has 4 aromatic rings. The lowest BCUT2D eigenvalue weighted by Gasteiger charge is -2.12. The highest BCUT2D eigenvalue weighted by atomic mass is 35.5. The molecule has 0 unspecified atom stereocenters. The Bertz CT molecular complexity index is 1240. The molecule has 1 N–H and O–H groups in total. The van der Waals surface area contributed by atoms with Crippen LogP contribution in [0.3, 0.4) is 0 Å². The van der Waals surface area contributed by atoms with E-state index in [4.69, 9.17) is 11.6 Å². The molecule has 0 saturated heterocycles. The molecule has 27 heavy (non-hydrogen) atoms. The molecule has 6 nitrogen and oxygen atoms in total. The van der Waals surface area contributed by atoms with Gasteiger partial charge in [-0.2, -0.15) is 0 Å². The maximum absolute atomic E-state index is 13.0. The Kier molecular flexibility index (Phi) is 4.86. The number of aromatic amines is 1. The normalized spacial score (nSPS) is 11.2. The van der Waals surface area contributed by atoms with Crippen molar-refractivity contribution in [1.82, 2.24) is 19.5 Å². The molecule has 0 radical (unpaired) electrons. The van der Waals surface area contributed by atoms with Crippen molar-refractivity contribution in [3.8, 4) is 5.69 Å². The van der Waals surface area contributed by atoms with E-state index in [2.05, 4.69) is 15.0 Å². The molecule has 0 atom stereocenters. The van der Waals surface area contributed by atoms with Crippen LogP contribution in [0.1, 0.15) is 11.1 Å². The van der Waals surface area contributed by atoms with Crippen LogP contribution in [0, 0.1) is 6.92 Å². The smallest absolute Gasteiger partial charge is 0.278 e. The monoisotopic (exact) mass is 416 g/mol. The minimum absolute atomic E-state index is 0.204. The van der Waals surface area contributed by atoms with Gasteiger partial charge in [-0.3, -0.25) is 14.2 Å². The van der Waals surface area contributed by atoms with Gasteiger partial charge in [0.1, 0.15) is 4.70 Å². The summed E-state index contributed by atoms with van der Waals surface area (Å²) >= 11 is 8.71. The van der Waals surface area contributed by atoms with Crippen molar-refractivity contribution in [1.29, 1.82) is 0 Å². The quantitative estimate of drug-likeness (QED) is 0.404. The number of pyridine rings is 1. The Balaban J connectivity index is 1.81. The number of fused-ring (bicyclic) bond motifs is 1. The summed E-state index contributed by atoms with van der Waals surface area (Å²) in [7, 11) is 0. The fourth-order valence-electron chi connectivity index (χ4n) is 2.62. The number of aromatic nitrogens is 4. The van der Waals surface area contributed by atoms with Crippen LogP contribution < -0.4 is 11.1 Å². The van der Waals surface area contributed by atoms with Crippen molar-refractivity contribution in [3.63, 3.8) is 0 Å². The van der Waals surface area contributed by atoms with Crippen molar-refractivity contribution >= 4 is 45.0 Å². The van der Waals surface area contributed by atoms with Crippen LogP contribution in [0.2, 0.25) is 5.02 Å². The van der Waals surface area contributed by atoms with Gasteiger partial charge in [-0.25, -0.2) is 9.97 Å². The summed E-state index contributed by atoms with van der Waals surface area (Å²) in [6.45, 7) is 1.99. The van der Waals surface area contributed by atoms with Crippen LogP contribution >= 0.6 is 34.7 Å². The molecule has 3 heterocycles. The second-order valence-corrected chi connectivity index (χ2v) is 8.04. The number of halogens is 1. The molecule has 0 aliphatic carbocycles. The van der Waals surface area contributed by atoms with Crippen LogP contribution in [0.25, 0.3) is 16.0 Å². The molecule has 9 heteroatoms. The topological polar surface area (TPSA) is 80.6 Å². The Morgan fingerprint density at radius 1 is 1.26 bits per heavy atom. The average molecular weight is 417 g/mol. The first-order valence-corrected chi connectivity index (χ1v) is 10.2. The van der Waals surface area contributed by atoms with Gasteiger partial charge in [-0.05, 0) is 36.2 Å². The third-order valence-electron chi connectivity index (χ3n) is 4.03. The fraction of sp³-hybridized carbons (Fsp3) is 0.111. The van der Waals surface area contributed by atoms with E-state index in [0.717, 1.165) is 11.1 Å². The van der Waals surface area contributed by atoms with Gasteiger partial charge in [-0.1, -0.05) is 29.4 Å². The summed E-state index contributed by atoms with van der Waals surface area (Å²) in [5.41, 5.74) is 4.33. The first-order valence-electron chi connectivity index (χ1n) is 7.96. The van der Waals surface area contributed by atoms with E-state index >= 15 is 0 Å². The second-order valence-electron chi connectivity index (χ2n) is 5.81. The highest BCUT2D eigenvalue weighted by Gasteiger charge is 2.16. The van der Waals surface area contributed by atoms with Gasteiger partial charge in [0.05, 0.1) is 11.2 Å². The second kappa shape index (κ2) is 7.30. The molecule has 0 aliphatic heterocycles. The van der Waals surface area contributed by atoms with E-state index in [1.165, 1.54) is 39.9 Å². The molecular weight excluding hydrogens is 404 g/mol. The Morgan fingerprint density at radius 2 is 2.11 bits per heavy atom. The summed E-state index contributed by atoms with van der Waals surface area (Å²) in [4.78, 5) is 35.7. The molecule has 0 amide bonds. The molecule has 0 aliphatic rings. The Hall–Kier alpha value is -2.42. The van der Waals surface area contributed by atoms with E-state index in [9.17, 15) is 9.59 Å². The van der Waals surface area contributed by atoms with E-state index in [-0.39, 0.29) is 11.1 Å². The highest BCUT2D eigenvalue weighted by Crippen LogP contribution is 2.27. The predicted octanol–water partition coefficient (Wildman–Crippen LogP) is 3.78. The third-order valence-corrected chi connectivity index (χ3v) is 6.05. The number of H-pyrrole nitrogens is 1. The van der Waals surface area contributed by atoms with Gasteiger partial charge >= 0.3 is 0 Å². The zero-order valence-corrected chi connectivity index (χ0v) is 16.5. The lowest BCUT2D eigenvalue weighted by Crippen LogP contribution is -2.22. The summed E-state index contributed by atoms with van der Waals surface area (Å²) in [5, 5.41) is 1.20. The zero-order valence-electron chi connectivity index (χ0n) is 14.1. The van der Waals surface area contributed by atoms with Crippen molar-refractivity contribution in [2.24, 2.45) is 0 Å². The van der Waals surface area contributed by atoms with Crippen LogP contribution in [-0.4, -0.2) is 19.5 Å². The standard InChI is InChI=1S/C18H13ClN4O2S2/c1-10-6-12(19)3-2-11(10)8-26-18-22-16-15(27-9-21-16)17(25)23(18)13-4-5-14(24)20-7-13/h2-7,9H,8H2,1H3,(H,20,24). The molecule has 3 aromatic heterocycles. The summed E-state index contributed by atoms with van der Waals surface area (Å²) in [5.74, 6) is 0.619. The maximum atomic E-state index is 13.0. The van der Waals surface area contributed by atoms with Crippen LogP contribution in [0.4, 0.5) is 0 Å². The first kappa shape index (κ1) is 18.0. The van der Waals surface area contributed by atoms with Crippen molar-refractivity contribution in [2.75, 3.05) is 0 Å². The number of nitrogens with one attached hydrogen (secondary N) is 1. The number of benzene rings is 1. The largest absolute Gasteiger partial charge is 0.327 e. The minimum Gasteiger partial charge on any atom is -0.327 e. The Morgan fingerprint density at radius 3 is 2.85 bits per heavy atom. The number of aryl methyl sites for hydroxylation is 1. The minimum atomic E-state index is -0.232. The number of thioether (sulfide) groups is 1. The summed E-state index contributed by atoms with van der Waals surface area (Å²) in [6.07, 6.45) is 1.51. The molecule has 0 spiro atoms. The zero-order chi connectivity index (χ0) is 19.0. The van der Waals surface area contributed by atoms with Crippen LogP contribution in [0.5, 0.6) is 0 Å². The average Bonchev–Trinajstić information content (AvgIpc) is 3.11. The lowest BCUT2D eigenvalue weighted by molar-refractivity contribution is 0.812. The molecule has 136 valence electrons. The SMILES string of the molecule is Cc1cc(Cl)ccc1CSc1nc2ncsc2c(=O)n1-c1ccc(=O)[nH]c1. The predicted molar refractivity (Wildman–Crippen MR) is 109 cm³/mol. The van der Waals surface area contributed by atoms with Gasteiger partial charge in [-0.15, -0.1) is 11.3 Å². The molecule has 0 saturated carbocycles. The van der Waals surface area contributed by atoms with Gasteiger partial charge in [0.25, 0.3) is 5.56 Å². The van der Waals surface area contributed by atoms with Gasteiger partial charge in [0.15, 0.2) is 10.8 Å². The summed E-state index contributed by atoms with van der Waals surface area (Å²) < 4.78 is 1.99. The summed E-state index contributed by atoms with van der Waals surface area (Å²) in [6, 6.07) is 8.71. The molecule has 1 aromatic carbocycles. The van der Waals surface area contributed by atoms with Gasteiger partial charge in [0, 0.05) is 23.0 Å². The fourth-order valence-corrected chi connectivity index (χ4v) is 4.58. The Labute approximate surface area is 166 Å².